The topological polar surface area (TPSA) is 64.9 Å². The van der Waals surface area contributed by atoms with Gasteiger partial charge in [-0.1, -0.05) is 25.3 Å². The van der Waals surface area contributed by atoms with Gasteiger partial charge in [0.1, 0.15) is 0 Å². The average Bonchev–Trinajstić information content (AvgIpc) is 2.41. The number of hydrogen-bond acceptors (Lipinski definition) is 3. The molecule has 0 unspecified atom stereocenters. The molecule has 1 fully saturated rings. The second kappa shape index (κ2) is 6.36. The maximum absolute atomic E-state index is 5.72. The Morgan fingerprint density at radius 3 is 2.39 bits per heavy atom. The molecule has 0 spiro atoms. The van der Waals surface area contributed by atoms with E-state index in [0.717, 1.165) is 16.6 Å². The Balaban J connectivity index is 0.000000149. The molecule has 0 radical (unpaired) electrons. The van der Waals surface area contributed by atoms with E-state index in [2.05, 4.69) is 4.98 Å². The van der Waals surface area contributed by atoms with Gasteiger partial charge in [0.2, 0.25) is 0 Å². The fraction of sp³-hybridized carbons (Fsp3) is 0.400. The maximum atomic E-state index is 5.72. The van der Waals surface area contributed by atoms with Crippen LogP contribution < -0.4 is 11.5 Å². The van der Waals surface area contributed by atoms with E-state index < -0.39 is 0 Å². The second-order valence-electron chi connectivity index (χ2n) is 4.82. The summed E-state index contributed by atoms with van der Waals surface area (Å²) in [5.74, 6) is 0. The van der Waals surface area contributed by atoms with Crippen LogP contribution in [0.4, 0.5) is 5.69 Å². The van der Waals surface area contributed by atoms with Crippen LogP contribution in [0.5, 0.6) is 0 Å². The summed E-state index contributed by atoms with van der Waals surface area (Å²) in [4.78, 5) is 4.16. The van der Waals surface area contributed by atoms with Gasteiger partial charge in [-0.2, -0.15) is 0 Å². The number of aromatic nitrogens is 1. The van der Waals surface area contributed by atoms with Crippen LogP contribution in [0.3, 0.4) is 0 Å². The minimum atomic E-state index is 0.536. The molecule has 4 N–H and O–H groups in total. The molecule has 0 aliphatic heterocycles. The number of nitrogen functional groups attached to an aromatic ring is 1. The summed E-state index contributed by atoms with van der Waals surface area (Å²) in [6.45, 7) is 0. The molecule has 1 aromatic heterocycles. The number of hydrogen-bond donors (Lipinski definition) is 2. The Morgan fingerprint density at radius 2 is 1.78 bits per heavy atom. The monoisotopic (exact) mass is 243 g/mol. The van der Waals surface area contributed by atoms with Crippen LogP contribution >= 0.6 is 0 Å². The number of pyridine rings is 1. The first-order chi connectivity index (χ1) is 8.77. The molecule has 1 saturated carbocycles. The predicted octanol–water partition coefficient (Wildman–Crippen LogP) is 3.09. The highest BCUT2D eigenvalue weighted by Gasteiger charge is 2.06. The molecule has 2 aromatic rings. The van der Waals surface area contributed by atoms with E-state index >= 15 is 0 Å². The van der Waals surface area contributed by atoms with Gasteiger partial charge in [0.05, 0.1) is 5.52 Å². The van der Waals surface area contributed by atoms with Crippen LogP contribution in [-0.4, -0.2) is 11.0 Å². The zero-order valence-corrected chi connectivity index (χ0v) is 10.7. The van der Waals surface area contributed by atoms with E-state index in [0.29, 0.717) is 6.04 Å². The fourth-order valence-electron chi connectivity index (χ4n) is 2.26. The van der Waals surface area contributed by atoms with Crippen molar-refractivity contribution < 1.29 is 0 Å². The molecule has 1 aromatic carbocycles. The lowest BCUT2D eigenvalue weighted by atomic mass is 9.97. The molecule has 3 rings (SSSR count). The van der Waals surface area contributed by atoms with Gasteiger partial charge in [0.25, 0.3) is 0 Å². The van der Waals surface area contributed by atoms with Crippen molar-refractivity contribution in [2.45, 2.75) is 38.1 Å². The Kier molecular flexibility index (Phi) is 4.53. The van der Waals surface area contributed by atoms with Crippen LogP contribution in [-0.2, 0) is 0 Å². The van der Waals surface area contributed by atoms with Crippen molar-refractivity contribution in [2.24, 2.45) is 5.73 Å². The number of benzene rings is 1. The molecule has 0 bridgehead atoms. The van der Waals surface area contributed by atoms with Crippen molar-refractivity contribution in [3.05, 3.63) is 36.5 Å². The summed E-state index contributed by atoms with van der Waals surface area (Å²) >= 11 is 0. The average molecular weight is 243 g/mol. The van der Waals surface area contributed by atoms with Gasteiger partial charge < -0.3 is 11.5 Å². The normalized spacial score (nSPS) is 16.1. The minimum absolute atomic E-state index is 0.536. The third-order valence-corrected chi connectivity index (χ3v) is 3.33. The highest BCUT2D eigenvalue weighted by molar-refractivity contribution is 5.89. The molecule has 96 valence electrons. The van der Waals surface area contributed by atoms with Gasteiger partial charge in [-0.15, -0.1) is 0 Å². The minimum Gasteiger partial charge on any atom is -0.398 e. The third-order valence-electron chi connectivity index (χ3n) is 3.33. The van der Waals surface area contributed by atoms with E-state index in [-0.39, 0.29) is 0 Å². The first-order valence-electron chi connectivity index (χ1n) is 6.62. The van der Waals surface area contributed by atoms with Crippen molar-refractivity contribution in [2.75, 3.05) is 5.73 Å². The molecular weight excluding hydrogens is 222 g/mol. The van der Waals surface area contributed by atoms with Crippen LogP contribution in [0.25, 0.3) is 10.9 Å². The number of anilines is 1. The SMILES string of the molecule is NC1CCCCC1.Nc1cccc2ncccc12. The highest BCUT2D eigenvalue weighted by Crippen LogP contribution is 2.17. The molecule has 1 heterocycles. The Bertz CT molecular complexity index is 485. The Hall–Kier alpha value is -1.61. The van der Waals surface area contributed by atoms with E-state index in [9.17, 15) is 0 Å². The molecule has 3 nitrogen and oxygen atoms in total. The van der Waals surface area contributed by atoms with Gasteiger partial charge in [-0.3, -0.25) is 4.98 Å². The smallest absolute Gasteiger partial charge is 0.0722 e. The first-order valence-corrected chi connectivity index (χ1v) is 6.62. The quantitative estimate of drug-likeness (QED) is 0.699. The van der Waals surface area contributed by atoms with Gasteiger partial charge in [0, 0.05) is 23.3 Å². The van der Waals surface area contributed by atoms with E-state index in [1.54, 1.807) is 6.20 Å². The Labute approximate surface area is 108 Å². The lowest BCUT2D eigenvalue weighted by Crippen LogP contribution is -2.22. The van der Waals surface area contributed by atoms with Crippen LogP contribution in [0.2, 0.25) is 0 Å². The molecule has 1 aliphatic carbocycles. The van der Waals surface area contributed by atoms with Gasteiger partial charge in [0.15, 0.2) is 0 Å². The summed E-state index contributed by atoms with van der Waals surface area (Å²) in [5, 5.41) is 1.02. The maximum Gasteiger partial charge on any atom is 0.0722 e. The summed E-state index contributed by atoms with van der Waals surface area (Å²) < 4.78 is 0. The lowest BCUT2D eigenvalue weighted by Gasteiger charge is -2.15. The predicted molar refractivity (Wildman–Crippen MR) is 77.2 cm³/mol. The third kappa shape index (κ3) is 3.44. The van der Waals surface area contributed by atoms with Crippen molar-refractivity contribution in [1.29, 1.82) is 0 Å². The van der Waals surface area contributed by atoms with E-state index in [4.69, 9.17) is 11.5 Å². The summed E-state index contributed by atoms with van der Waals surface area (Å²) in [5.41, 5.74) is 13.1. The number of fused-ring (bicyclic) bond motifs is 1. The fourth-order valence-corrected chi connectivity index (χ4v) is 2.26. The molecule has 1 aliphatic rings. The molecule has 0 atom stereocenters. The van der Waals surface area contributed by atoms with Crippen molar-refractivity contribution in [3.63, 3.8) is 0 Å². The Morgan fingerprint density at radius 1 is 1.00 bits per heavy atom. The molecule has 0 saturated heterocycles. The zero-order chi connectivity index (χ0) is 12.8. The van der Waals surface area contributed by atoms with Crippen LogP contribution in [0.15, 0.2) is 36.5 Å². The lowest BCUT2D eigenvalue weighted by molar-refractivity contribution is 0.441. The second-order valence-corrected chi connectivity index (χ2v) is 4.82. The van der Waals surface area contributed by atoms with E-state index in [1.807, 2.05) is 30.3 Å². The van der Waals surface area contributed by atoms with Gasteiger partial charge in [-0.05, 0) is 37.1 Å². The van der Waals surface area contributed by atoms with Crippen LogP contribution in [0, 0.1) is 0 Å². The highest BCUT2D eigenvalue weighted by atomic mass is 14.7. The summed E-state index contributed by atoms with van der Waals surface area (Å²) in [6.07, 6.45) is 8.43. The largest absolute Gasteiger partial charge is 0.398 e. The first kappa shape index (κ1) is 12.8. The van der Waals surface area contributed by atoms with Crippen molar-refractivity contribution in [1.82, 2.24) is 4.98 Å². The van der Waals surface area contributed by atoms with Gasteiger partial charge in [-0.25, -0.2) is 0 Å². The van der Waals surface area contributed by atoms with Crippen LogP contribution in [0.1, 0.15) is 32.1 Å². The number of nitrogens with zero attached hydrogens (tertiary/aromatic N) is 1. The van der Waals surface area contributed by atoms with Crippen molar-refractivity contribution in [3.8, 4) is 0 Å². The number of rotatable bonds is 0. The van der Waals surface area contributed by atoms with Crippen molar-refractivity contribution >= 4 is 16.6 Å². The standard InChI is InChI=1S/C9H8N2.C6H13N/c10-8-4-1-5-9-7(8)3-2-6-11-9;7-6-4-2-1-3-5-6/h1-6H,10H2;6H,1-5,7H2. The molecule has 0 amide bonds. The molecule has 3 heteroatoms. The summed E-state index contributed by atoms with van der Waals surface area (Å²) in [6, 6.07) is 10.1. The summed E-state index contributed by atoms with van der Waals surface area (Å²) in [7, 11) is 0. The van der Waals surface area contributed by atoms with E-state index in [1.165, 1.54) is 32.1 Å². The molecular formula is C15H21N3. The number of nitrogens with two attached hydrogens (primary N) is 2. The molecule has 18 heavy (non-hydrogen) atoms. The zero-order valence-electron chi connectivity index (χ0n) is 10.7. The van der Waals surface area contributed by atoms with Gasteiger partial charge >= 0.3 is 0 Å².